The van der Waals surface area contributed by atoms with Crippen LogP contribution in [-0.2, 0) is 16.1 Å². The number of piperidine rings is 1. The first kappa shape index (κ1) is 22.9. The molecule has 3 saturated carbocycles. The molecule has 5 fully saturated rings. The number of fused-ring (bicyclic) bond motifs is 4. The number of nitrogens with one attached hydrogen (secondary N) is 1. The first-order valence-corrected chi connectivity index (χ1v) is 12.9. The third-order valence-electron chi connectivity index (χ3n) is 9.23. The molecule has 188 valence electrons. The first-order chi connectivity index (χ1) is 16.7. The standard InChI is InChI=1S/C26H33FN4O4/c27-17-13-18-19(15-31(24(18)34)20-1-2-22(32)28-23(20)33)21(14-17)30-11-9-29(10-12-30)16-25-3-6-26(35,7-4-25)8-5-25/h13-14,20,35H,1-12,15-16H2,(H,28,32,33). The molecule has 35 heavy (non-hydrogen) atoms. The Morgan fingerprint density at radius 1 is 1.00 bits per heavy atom. The van der Waals surface area contributed by atoms with E-state index in [0.29, 0.717) is 17.4 Å². The lowest BCUT2D eigenvalue weighted by Crippen LogP contribution is -2.54. The van der Waals surface area contributed by atoms with Crippen LogP contribution >= 0.6 is 0 Å². The second-order valence-corrected chi connectivity index (χ2v) is 11.3. The van der Waals surface area contributed by atoms with Gasteiger partial charge in [0.25, 0.3) is 5.91 Å². The zero-order valence-corrected chi connectivity index (χ0v) is 20.0. The molecule has 9 heteroatoms. The predicted molar refractivity (Wildman–Crippen MR) is 126 cm³/mol. The van der Waals surface area contributed by atoms with Gasteiger partial charge in [-0.05, 0) is 62.5 Å². The highest BCUT2D eigenvalue weighted by molar-refractivity contribution is 6.06. The van der Waals surface area contributed by atoms with Gasteiger partial charge in [-0.2, -0.15) is 0 Å². The lowest BCUT2D eigenvalue weighted by atomic mass is 9.58. The molecule has 0 radical (unpaired) electrons. The molecule has 3 aliphatic heterocycles. The molecule has 1 aromatic carbocycles. The van der Waals surface area contributed by atoms with E-state index in [1.54, 1.807) is 0 Å². The molecule has 1 aromatic rings. The number of benzene rings is 1. The van der Waals surface area contributed by atoms with E-state index in [9.17, 15) is 23.9 Å². The second kappa shape index (κ2) is 8.27. The lowest BCUT2D eigenvalue weighted by molar-refractivity contribution is -0.136. The highest BCUT2D eigenvalue weighted by atomic mass is 19.1. The number of carbonyl (C=O) groups excluding carboxylic acids is 3. The van der Waals surface area contributed by atoms with Gasteiger partial charge in [-0.15, -0.1) is 0 Å². The molecule has 2 saturated heterocycles. The van der Waals surface area contributed by atoms with Crippen LogP contribution in [0, 0.1) is 11.2 Å². The fraction of sp³-hybridized carbons (Fsp3) is 0.654. The predicted octanol–water partition coefficient (Wildman–Crippen LogP) is 1.79. The minimum absolute atomic E-state index is 0.195. The maximum atomic E-state index is 14.6. The monoisotopic (exact) mass is 484 g/mol. The van der Waals surface area contributed by atoms with Crippen molar-refractivity contribution in [3.05, 3.63) is 29.1 Å². The average Bonchev–Trinajstić information content (AvgIpc) is 3.16. The van der Waals surface area contributed by atoms with Crippen LogP contribution in [-0.4, -0.2) is 77.0 Å². The molecule has 1 unspecified atom stereocenters. The quantitative estimate of drug-likeness (QED) is 0.633. The smallest absolute Gasteiger partial charge is 0.255 e. The second-order valence-electron chi connectivity index (χ2n) is 11.3. The maximum absolute atomic E-state index is 14.6. The van der Waals surface area contributed by atoms with Gasteiger partial charge in [0.05, 0.1) is 5.60 Å². The van der Waals surface area contributed by atoms with Crippen LogP contribution in [0.15, 0.2) is 12.1 Å². The van der Waals surface area contributed by atoms with Gasteiger partial charge in [0.15, 0.2) is 0 Å². The molecule has 3 heterocycles. The number of nitrogens with zero attached hydrogens (tertiary/aromatic N) is 3. The Labute approximate surface area is 204 Å². The fourth-order valence-corrected chi connectivity index (χ4v) is 6.99. The van der Waals surface area contributed by atoms with Crippen molar-refractivity contribution in [1.82, 2.24) is 15.1 Å². The average molecular weight is 485 g/mol. The normalized spacial score (nSPS) is 33.3. The third kappa shape index (κ3) is 4.02. The SMILES string of the molecule is O=C1CCC(N2Cc3c(cc(F)cc3N3CCN(CC45CCC(O)(CC4)CC5)CC3)C2=O)C(=O)N1. The van der Waals surface area contributed by atoms with Crippen LogP contribution in [0.3, 0.4) is 0 Å². The highest BCUT2D eigenvalue weighted by Crippen LogP contribution is 2.52. The van der Waals surface area contributed by atoms with Crippen molar-refractivity contribution < 1.29 is 23.9 Å². The lowest BCUT2D eigenvalue weighted by Gasteiger charge is -2.53. The summed E-state index contributed by atoms with van der Waals surface area (Å²) >= 11 is 0. The molecular weight excluding hydrogens is 451 g/mol. The number of halogens is 1. The summed E-state index contributed by atoms with van der Waals surface area (Å²) in [6.45, 7) is 4.57. The number of carbonyl (C=O) groups is 3. The van der Waals surface area contributed by atoms with Crippen molar-refractivity contribution in [3.63, 3.8) is 0 Å². The van der Waals surface area contributed by atoms with Crippen LogP contribution in [0.2, 0.25) is 0 Å². The van der Waals surface area contributed by atoms with Crippen molar-refractivity contribution in [2.75, 3.05) is 37.6 Å². The molecule has 8 nitrogen and oxygen atoms in total. The van der Waals surface area contributed by atoms with E-state index < -0.39 is 23.4 Å². The fourth-order valence-electron chi connectivity index (χ4n) is 6.99. The van der Waals surface area contributed by atoms with Gasteiger partial charge >= 0.3 is 0 Å². The van der Waals surface area contributed by atoms with Crippen LogP contribution in [0.5, 0.6) is 0 Å². The summed E-state index contributed by atoms with van der Waals surface area (Å²) in [6.07, 6.45) is 6.53. The Kier molecular flexibility index (Phi) is 5.41. The number of aliphatic hydroxyl groups is 1. The number of hydrogen-bond donors (Lipinski definition) is 2. The van der Waals surface area contributed by atoms with E-state index in [2.05, 4.69) is 15.1 Å². The van der Waals surface area contributed by atoms with Gasteiger partial charge in [0.2, 0.25) is 11.8 Å². The van der Waals surface area contributed by atoms with Gasteiger partial charge in [0.1, 0.15) is 11.9 Å². The summed E-state index contributed by atoms with van der Waals surface area (Å²) in [7, 11) is 0. The van der Waals surface area contributed by atoms with E-state index in [4.69, 9.17) is 0 Å². The summed E-state index contributed by atoms with van der Waals surface area (Å²) in [5, 5.41) is 12.8. The first-order valence-electron chi connectivity index (χ1n) is 12.9. The van der Waals surface area contributed by atoms with E-state index in [0.717, 1.165) is 82.5 Å². The zero-order valence-electron chi connectivity index (χ0n) is 20.0. The highest BCUT2D eigenvalue weighted by Gasteiger charge is 2.48. The summed E-state index contributed by atoms with van der Waals surface area (Å²) in [4.78, 5) is 43.2. The van der Waals surface area contributed by atoms with E-state index in [-0.39, 0.29) is 24.8 Å². The van der Waals surface area contributed by atoms with Gasteiger partial charge in [0, 0.05) is 62.5 Å². The van der Waals surface area contributed by atoms with Crippen molar-refractivity contribution in [1.29, 1.82) is 0 Å². The zero-order chi connectivity index (χ0) is 24.4. The molecule has 3 amide bonds. The number of rotatable bonds is 4. The topological polar surface area (TPSA) is 93.2 Å². The number of imide groups is 1. The van der Waals surface area contributed by atoms with Crippen molar-refractivity contribution in [2.24, 2.45) is 5.41 Å². The molecule has 0 aromatic heterocycles. The Hall–Kier alpha value is -2.52. The van der Waals surface area contributed by atoms with Crippen LogP contribution in [0.4, 0.5) is 10.1 Å². The third-order valence-corrected chi connectivity index (χ3v) is 9.23. The van der Waals surface area contributed by atoms with E-state index in [1.807, 2.05) is 0 Å². The molecule has 6 aliphatic rings. The summed E-state index contributed by atoms with van der Waals surface area (Å²) < 4.78 is 14.6. The minimum Gasteiger partial charge on any atom is -0.390 e. The van der Waals surface area contributed by atoms with Crippen LogP contribution in [0.25, 0.3) is 0 Å². The summed E-state index contributed by atoms with van der Waals surface area (Å²) in [5.41, 5.74) is 1.73. The molecule has 7 rings (SSSR count). The summed E-state index contributed by atoms with van der Waals surface area (Å²) in [6, 6.07) is 2.08. The van der Waals surface area contributed by atoms with Gasteiger partial charge in [-0.3, -0.25) is 24.6 Å². The number of piperazine rings is 1. The molecule has 2 N–H and O–H groups in total. The number of anilines is 1. The van der Waals surface area contributed by atoms with Crippen molar-refractivity contribution >= 4 is 23.4 Å². The minimum atomic E-state index is -0.705. The largest absolute Gasteiger partial charge is 0.390 e. The van der Waals surface area contributed by atoms with Crippen molar-refractivity contribution in [2.45, 2.75) is 69.6 Å². The van der Waals surface area contributed by atoms with Crippen molar-refractivity contribution in [3.8, 4) is 0 Å². The van der Waals surface area contributed by atoms with Crippen LogP contribution in [0.1, 0.15) is 67.3 Å². The number of hydrogen-bond acceptors (Lipinski definition) is 6. The van der Waals surface area contributed by atoms with Gasteiger partial charge in [-0.1, -0.05) is 0 Å². The summed E-state index contributed by atoms with van der Waals surface area (Å²) in [5.74, 6) is -1.57. The van der Waals surface area contributed by atoms with E-state index >= 15 is 0 Å². The Morgan fingerprint density at radius 3 is 2.34 bits per heavy atom. The van der Waals surface area contributed by atoms with Crippen LogP contribution < -0.4 is 10.2 Å². The molecule has 0 spiro atoms. The maximum Gasteiger partial charge on any atom is 0.255 e. The Morgan fingerprint density at radius 2 is 1.69 bits per heavy atom. The Bertz CT molecular complexity index is 1060. The van der Waals surface area contributed by atoms with E-state index in [1.165, 1.54) is 17.0 Å². The van der Waals surface area contributed by atoms with Gasteiger partial charge in [-0.25, -0.2) is 4.39 Å². The molecule has 1 atom stereocenters. The molecule has 2 bridgehead atoms. The molecular formula is C26H33FN4O4. The van der Waals surface area contributed by atoms with Gasteiger partial charge < -0.3 is 14.9 Å². The number of amides is 3. The Balaban J connectivity index is 1.15. The molecule has 3 aliphatic carbocycles.